The number of rotatable bonds is 5. The van der Waals surface area contributed by atoms with Crippen molar-refractivity contribution in [3.05, 3.63) is 94.5 Å². The third-order valence-corrected chi connectivity index (χ3v) is 6.51. The van der Waals surface area contributed by atoms with Crippen LogP contribution < -0.4 is 4.72 Å². The highest BCUT2D eigenvalue weighted by molar-refractivity contribution is 7.92. The topological polar surface area (TPSA) is 107 Å². The number of nitriles is 1. The van der Waals surface area contributed by atoms with Crippen molar-refractivity contribution in [3.8, 4) is 6.07 Å². The molecule has 4 rings (SSSR count). The monoisotopic (exact) mass is 485 g/mol. The molecule has 0 unspecified atom stereocenters. The van der Waals surface area contributed by atoms with Gasteiger partial charge in [0.2, 0.25) is 0 Å². The Bertz CT molecular complexity index is 1460. The van der Waals surface area contributed by atoms with Crippen molar-refractivity contribution < 1.29 is 31.2 Å². The van der Waals surface area contributed by atoms with Gasteiger partial charge >= 0.3 is 6.18 Å². The zero-order chi connectivity index (χ0) is 24.7. The van der Waals surface area contributed by atoms with Crippen LogP contribution in [0.4, 0.5) is 18.9 Å². The number of hydrogen-bond donors (Lipinski definition) is 1. The second-order valence-corrected chi connectivity index (χ2v) is 9.05. The van der Waals surface area contributed by atoms with E-state index >= 15 is 0 Å². The van der Waals surface area contributed by atoms with Crippen LogP contribution in [0.15, 0.2) is 71.6 Å². The first-order chi connectivity index (χ1) is 16.0. The number of fused-ring (bicyclic) bond motifs is 1. The van der Waals surface area contributed by atoms with Gasteiger partial charge in [0.1, 0.15) is 0 Å². The molecule has 0 aliphatic carbocycles. The number of anilines is 1. The fraction of sp³-hybridized carbons (Fsp3) is 0.0870. The van der Waals surface area contributed by atoms with Gasteiger partial charge in [-0.1, -0.05) is 18.2 Å². The molecular formula is C23H14F3N3O4S. The quantitative estimate of drug-likeness (QED) is 0.546. The van der Waals surface area contributed by atoms with Gasteiger partial charge in [-0.05, 0) is 54.1 Å². The molecule has 11 heteroatoms. The lowest BCUT2D eigenvalue weighted by Crippen LogP contribution is -2.29. The zero-order valence-corrected chi connectivity index (χ0v) is 17.9. The Labute approximate surface area is 192 Å². The van der Waals surface area contributed by atoms with Crippen LogP contribution in [0.1, 0.15) is 37.4 Å². The van der Waals surface area contributed by atoms with Crippen molar-refractivity contribution in [1.29, 1.82) is 5.26 Å². The molecule has 1 heterocycles. The number of carbonyl (C=O) groups is 2. The summed E-state index contributed by atoms with van der Waals surface area (Å²) in [6, 6.07) is 15.2. The van der Waals surface area contributed by atoms with Crippen LogP contribution in [-0.4, -0.2) is 25.1 Å². The number of nitrogens with zero attached hydrogens (tertiary/aromatic N) is 2. The van der Waals surface area contributed by atoms with E-state index in [-0.39, 0.29) is 23.4 Å². The number of sulfonamides is 1. The first kappa shape index (κ1) is 23.0. The lowest BCUT2D eigenvalue weighted by Gasteiger charge is -2.14. The second kappa shape index (κ2) is 8.31. The summed E-state index contributed by atoms with van der Waals surface area (Å²) in [6.45, 7) is -0.132. The summed E-state index contributed by atoms with van der Waals surface area (Å²) in [5.74, 6) is -1.38. The minimum atomic E-state index is -4.63. The number of nitrogens with one attached hydrogen (secondary N) is 1. The highest BCUT2D eigenvalue weighted by Crippen LogP contribution is 2.33. The first-order valence-corrected chi connectivity index (χ1v) is 11.2. The van der Waals surface area contributed by atoms with E-state index in [0.29, 0.717) is 23.3 Å². The fourth-order valence-electron chi connectivity index (χ4n) is 3.51. The van der Waals surface area contributed by atoms with Crippen LogP contribution in [-0.2, 0) is 22.7 Å². The number of amides is 2. The van der Waals surface area contributed by atoms with E-state index in [2.05, 4.69) is 4.72 Å². The fourth-order valence-corrected chi connectivity index (χ4v) is 4.58. The molecule has 0 radical (unpaired) electrons. The average molecular weight is 485 g/mol. The zero-order valence-electron chi connectivity index (χ0n) is 17.1. The van der Waals surface area contributed by atoms with Crippen molar-refractivity contribution in [2.75, 3.05) is 4.72 Å². The summed E-state index contributed by atoms with van der Waals surface area (Å²) in [4.78, 5) is 26.4. The Morgan fingerprint density at radius 2 is 1.62 bits per heavy atom. The maximum Gasteiger partial charge on any atom is 0.416 e. The van der Waals surface area contributed by atoms with E-state index in [4.69, 9.17) is 5.26 Å². The Morgan fingerprint density at radius 1 is 0.941 bits per heavy atom. The summed E-state index contributed by atoms with van der Waals surface area (Å²) in [7, 11) is -4.36. The van der Waals surface area contributed by atoms with Crippen LogP contribution in [0, 0.1) is 11.3 Å². The lowest BCUT2D eigenvalue weighted by molar-refractivity contribution is -0.137. The molecule has 0 fully saturated rings. The third-order valence-electron chi connectivity index (χ3n) is 5.13. The molecule has 0 aromatic heterocycles. The molecule has 1 aliphatic heterocycles. The summed E-state index contributed by atoms with van der Waals surface area (Å²) in [6.07, 6.45) is -4.63. The van der Waals surface area contributed by atoms with Crippen LogP contribution in [0.5, 0.6) is 0 Å². The molecule has 0 saturated heterocycles. The predicted molar refractivity (Wildman–Crippen MR) is 114 cm³/mol. The third kappa shape index (κ3) is 4.23. The Hall–Kier alpha value is -4.17. The van der Waals surface area contributed by atoms with Gasteiger partial charge in [0.05, 0.1) is 45.5 Å². The predicted octanol–water partition coefficient (Wildman–Crippen LogP) is 4.17. The van der Waals surface area contributed by atoms with Crippen LogP contribution >= 0.6 is 0 Å². The molecule has 7 nitrogen and oxygen atoms in total. The Morgan fingerprint density at radius 3 is 2.26 bits per heavy atom. The van der Waals surface area contributed by atoms with Crippen LogP contribution in [0.2, 0.25) is 0 Å². The van der Waals surface area contributed by atoms with Gasteiger partial charge in [-0.25, -0.2) is 8.42 Å². The summed E-state index contributed by atoms with van der Waals surface area (Å²) in [5, 5.41) is 9.04. The molecule has 172 valence electrons. The van der Waals surface area contributed by atoms with E-state index in [1.54, 1.807) is 18.2 Å². The molecule has 1 aliphatic rings. The SMILES string of the molecule is N#Cc1cccc(CN2C(=O)c3cccc(NS(=O)(=O)c4ccc(C(F)(F)F)cc4)c3C2=O)c1. The molecule has 3 aromatic rings. The summed E-state index contributed by atoms with van der Waals surface area (Å²) < 4.78 is 66.0. The van der Waals surface area contributed by atoms with Gasteiger partial charge in [-0.15, -0.1) is 0 Å². The van der Waals surface area contributed by atoms with Crippen molar-refractivity contribution in [2.45, 2.75) is 17.6 Å². The van der Waals surface area contributed by atoms with E-state index in [1.807, 2.05) is 6.07 Å². The lowest BCUT2D eigenvalue weighted by atomic mass is 10.1. The number of imide groups is 1. The minimum absolute atomic E-state index is 0.0194. The molecule has 3 aromatic carbocycles. The molecular weight excluding hydrogens is 471 g/mol. The van der Waals surface area contributed by atoms with Crippen molar-refractivity contribution in [3.63, 3.8) is 0 Å². The van der Waals surface area contributed by atoms with E-state index in [9.17, 15) is 31.2 Å². The molecule has 0 spiro atoms. The summed E-state index contributed by atoms with van der Waals surface area (Å²) in [5.41, 5.74) is -0.499. The normalized spacial score (nSPS) is 13.5. The Balaban J connectivity index is 1.63. The standard InChI is InChI=1S/C23H14F3N3O4S/c24-23(25,26)16-7-9-17(10-8-16)34(32,33)28-19-6-2-5-18-20(19)22(31)29(21(18)30)13-15-4-1-3-14(11-15)12-27/h1-11,28H,13H2. The number of carbonyl (C=O) groups excluding carboxylic acids is 2. The van der Waals surface area contributed by atoms with Gasteiger partial charge in [-0.3, -0.25) is 19.2 Å². The van der Waals surface area contributed by atoms with E-state index < -0.39 is 38.5 Å². The largest absolute Gasteiger partial charge is 0.416 e. The molecule has 0 bridgehead atoms. The molecule has 34 heavy (non-hydrogen) atoms. The maximum atomic E-state index is 13.0. The number of hydrogen-bond acceptors (Lipinski definition) is 5. The van der Waals surface area contributed by atoms with Crippen molar-refractivity contribution in [2.24, 2.45) is 0 Å². The average Bonchev–Trinajstić information content (AvgIpc) is 3.04. The number of halogens is 3. The molecule has 0 saturated carbocycles. The van der Waals surface area contributed by atoms with Crippen molar-refractivity contribution >= 4 is 27.5 Å². The number of alkyl halides is 3. The first-order valence-electron chi connectivity index (χ1n) is 9.69. The second-order valence-electron chi connectivity index (χ2n) is 7.36. The van der Waals surface area contributed by atoms with Crippen LogP contribution in [0.25, 0.3) is 0 Å². The molecule has 2 amide bonds. The maximum absolute atomic E-state index is 13.0. The Kier molecular flexibility index (Phi) is 5.62. The summed E-state index contributed by atoms with van der Waals surface area (Å²) >= 11 is 0. The van der Waals surface area contributed by atoms with Gasteiger partial charge in [0.15, 0.2) is 0 Å². The van der Waals surface area contributed by atoms with Gasteiger partial charge < -0.3 is 0 Å². The van der Waals surface area contributed by atoms with E-state index in [0.717, 1.165) is 17.0 Å². The smallest absolute Gasteiger partial charge is 0.279 e. The van der Waals surface area contributed by atoms with Gasteiger partial charge in [0.25, 0.3) is 21.8 Å². The molecule has 1 N–H and O–H groups in total. The van der Waals surface area contributed by atoms with E-state index in [1.165, 1.54) is 24.3 Å². The van der Waals surface area contributed by atoms with Crippen molar-refractivity contribution in [1.82, 2.24) is 4.90 Å². The highest BCUT2D eigenvalue weighted by Gasteiger charge is 2.38. The number of benzene rings is 3. The highest BCUT2D eigenvalue weighted by atomic mass is 32.2. The molecule has 0 atom stereocenters. The van der Waals surface area contributed by atoms with Gasteiger partial charge in [0, 0.05) is 0 Å². The minimum Gasteiger partial charge on any atom is -0.279 e. The van der Waals surface area contributed by atoms with Gasteiger partial charge in [-0.2, -0.15) is 18.4 Å². The van der Waals surface area contributed by atoms with Crippen LogP contribution in [0.3, 0.4) is 0 Å².